The second kappa shape index (κ2) is 6.04. The number of benzene rings is 1. The molecule has 0 spiro atoms. The summed E-state index contributed by atoms with van der Waals surface area (Å²) in [4.78, 5) is 2.10. The van der Waals surface area contributed by atoms with E-state index in [9.17, 15) is 13.2 Å². The van der Waals surface area contributed by atoms with Crippen LogP contribution in [0.15, 0.2) is 18.2 Å². The van der Waals surface area contributed by atoms with Crippen molar-refractivity contribution in [3.8, 4) is 0 Å². The number of anilines is 1. The highest BCUT2D eigenvalue weighted by Crippen LogP contribution is 2.34. The minimum atomic E-state index is -4.31. The van der Waals surface area contributed by atoms with E-state index in [0.29, 0.717) is 11.6 Å². The van der Waals surface area contributed by atoms with Crippen molar-refractivity contribution in [2.45, 2.75) is 50.9 Å². The van der Waals surface area contributed by atoms with Crippen LogP contribution in [-0.4, -0.2) is 13.1 Å². The number of hydrogen-bond acceptors (Lipinski definition) is 2. The summed E-state index contributed by atoms with van der Waals surface area (Å²) in [5.74, 6) is 0. The largest absolute Gasteiger partial charge is 0.416 e. The lowest BCUT2D eigenvalue weighted by molar-refractivity contribution is -0.137. The molecule has 0 bridgehead atoms. The molecule has 1 aromatic carbocycles. The highest BCUT2D eigenvalue weighted by atomic mass is 19.4. The van der Waals surface area contributed by atoms with Crippen molar-refractivity contribution in [3.63, 3.8) is 0 Å². The molecule has 2 rings (SSSR count). The first-order valence-corrected chi connectivity index (χ1v) is 7.06. The third-order valence-corrected chi connectivity index (χ3v) is 4.13. The number of rotatable bonds is 3. The van der Waals surface area contributed by atoms with E-state index >= 15 is 0 Å². The average Bonchev–Trinajstić information content (AvgIpc) is 2.45. The lowest BCUT2D eigenvalue weighted by Crippen LogP contribution is -2.34. The summed E-state index contributed by atoms with van der Waals surface area (Å²) in [6, 6.07) is 4.29. The van der Waals surface area contributed by atoms with Gasteiger partial charge in [-0.05, 0) is 36.6 Å². The number of halogens is 3. The fraction of sp³-hybridized carbons (Fsp3) is 0.600. The normalized spacial score (nSPS) is 17.2. The Kier molecular flexibility index (Phi) is 4.58. The summed E-state index contributed by atoms with van der Waals surface area (Å²) >= 11 is 0. The van der Waals surface area contributed by atoms with E-state index in [2.05, 4.69) is 4.90 Å². The van der Waals surface area contributed by atoms with Crippen LogP contribution in [0.1, 0.15) is 43.2 Å². The van der Waals surface area contributed by atoms with E-state index in [1.54, 1.807) is 6.07 Å². The number of nitrogens with two attached hydrogens (primary N) is 1. The van der Waals surface area contributed by atoms with Gasteiger partial charge in [0.2, 0.25) is 0 Å². The van der Waals surface area contributed by atoms with Crippen LogP contribution in [0, 0.1) is 0 Å². The van der Waals surface area contributed by atoms with Gasteiger partial charge >= 0.3 is 6.18 Å². The summed E-state index contributed by atoms with van der Waals surface area (Å²) in [5.41, 5.74) is 6.40. The van der Waals surface area contributed by atoms with Gasteiger partial charge in [0.1, 0.15) is 0 Å². The topological polar surface area (TPSA) is 29.3 Å². The van der Waals surface area contributed by atoms with E-state index in [1.165, 1.54) is 25.3 Å². The lowest BCUT2D eigenvalue weighted by atomic mass is 9.93. The van der Waals surface area contributed by atoms with Crippen LogP contribution in [0.5, 0.6) is 0 Å². The number of nitrogens with zero attached hydrogens (tertiary/aromatic N) is 1. The monoisotopic (exact) mass is 286 g/mol. The van der Waals surface area contributed by atoms with E-state index in [0.717, 1.165) is 24.6 Å². The molecule has 1 saturated carbocycles. The van der Waals surface area contributed by atoms with Gasteiger partial charge in [-0.25, -0.2) is 0 Å². The molecule has 0 atom stereocenters. The van der Waals surface area contributed by atoms with Crippen LogP contribution in [0.4, 0.5) is 18.9 Å². The summed E-state index contributed by atoms with van der Waals surface area (Å²) in [7, 11) is 1.96. The second-order valence-corrected chi connectivity index (χ2v) is 5.45. The molecule has 0 aliphatic heterocycles. The Balaban J connectivity index is 2.26. The van der Waals surface area contributed by atoms with E-state index in [-0.39, 0.29) is 6.54 Å². The molecule has 2 nitrogen and oxygen atoms in total. The van der Waals surface area contributed by atoms with Crippen molar-refractivity contribution >= 4 is 5.69 Å². The first-order chi connectivity index (χ1) is 9.43. The first-order valence-electron chi connectivity index (χ1n) is 7.06. The van der Waals surface area contributed by atoms with Gasteiger partial charge in [-0.3, -0.25) is 0 Å². The first kappa shape index (κ1) is 15.2. The zero-order valence-electron chi connectivity index (χ0n) is 11.7. The molecule has 1 aliphatic carbocycles. The van der Waals surface area contributed by atoms with Gasteiger partial charge in [0.05, 0.1) is 5.56 Å². The van der Waals surface area contributed by atoms with Gasteiger partial charge in [-0.2, -0.15) is 13.2 Å². The van der Waals surface area contributed by atoms with Crippen molar-refractivity contribution in [2.24, 2.45) is 5.73 Å². The molecule has 2 N–H and O–H groups in total. The molecule has 112 valence electrons. The Morgan fingerprint density at radius 1 is 1.20 bits per heavy atom. The molecule has 1 fully saturated rings. The Hall–Kier alpha value is -1.23. The molecule has 1 aromatic rings. The summed E-state index contributed by atoms with van der Waals surface area (Å²) in [6.07, 6.45) is 1.51. The molecule has 5 heteroatoms. The molecular weight excluding hydrogens is 265 g/mol. The molecule has 1 aliphatic rings. The second-order valence-electron chi connectivity index (χ2n) is 5.45. The zero-order chi connectivity index (χ0) is 14.8. The third kappa shape index (κ3) is 3.26. The fourth-order valence-corrected chi connectivity index (χ4v) is 2.93. The fourth-order valence-electron chi connectivity index (χ4n) is 2.93. The summed E-state index contributed by atoms with van der Waals surface area (Å²) in [6.45, 7) is 0.121. The molecule has 0 saturated heterocycles. The summed E-state index contributed by atoms with van der Waals surface area (Å²) in [5, 5.41) is 0. The van der Waals surface area contributed by atoms with Gasteiger partial charge in [-0.1, -0.05) is 19.3 Å². The van der Waals surface area contributed by atoms with Gasteiger partial charge in [0, 0.05) is 25.3 Å². The Morgan fingerprint density at radius 2 is 1.85 bits per heavy atom. The minimum absolute atomic E-state index is 0.121. The van der Waals surface area contributed by atoms with Gasteiger partial charge < -0.3 is 10.6 Å². The molecular formula is C15H21F3N2. The predicted octanol–water partition coefficient (Wildman–Crippen LogP) is 3.93. The van der Waals surface area contributed by atoms with Crippen LogP contribution in [0.3, 0.4) is 0 Å². The quantitative estimate of drug-likeness (QED) is 0.912. The van der Waals surface area contributed by atoms with Crippen LogP contribution in [-0.2, 0) is 12.7 Å². The van der Waals surface area contributed by atoms with Crippen molar-refractivity contribution in [3.05, 3.63) is 29.3 Å². The third-order valence-electron chi connectivity index (χ3n) is 4.13. The number of alkyl halides is 3. The van der Waals surface area contributed by atoms with Gasteiger partial charge in [0.25, 0.3) is 0 Å². The molecule has 0 aromatic heterocycles. The Bertz CT molecular complexity index is 451. The molecule has 0 heterocycles. The zero-order valence-corrected chi connectivity index (χ0v) is 11.7. The van der Waals surface area contributed by atoms with E-state index < -0.39 is 11.7 Å². The van der Waals surface area contributed by atoms with Crippen LogP contribution in [0.2, 0.25) is 0 Å². The average molecular weight is 286 g/mol. The Labute approximate surface area is 117 Å². The Morgan fingerprint density at radius 3 is 2.40 bits per heavy atom. The minimum Gasteiger partial charge on any atom is -0.371 e. The maximum atomic E-state index is 12.7. The standard InChI is InChI=1S/C15H21F3N2/c1-20(13-5-3-2-4-6-13)14-8-7-12(15(16,17)18)9-11(14)10-19/h7-9,13H,2-6,10,19H2,1H3. The highest BCUT2D eigenvalue weighted by Gasteiger charge is 2.31. The van der Waals surface area contributed by atoms with Crippen molar-refractivity contribution in [1.82, 2.24) is 0 Å². The molecule has 0 amide bonds. The van der Waals surface area contributed by atoms with Crippen LogP contribution in [0.25, 0.3) is 0 Å². The molecule has 0 radical (unpaired) electrons. The maximum absolute atomic E-state index is 12.7. The van der Waals surface area contributed by atoms with Crippen molar-refractivity contribution < 1.29 is 13.2 Å². The maximum Gasteiger partial charge on any atom is 0.416 e. The molecule has 0 unspecified atom stereocenters. The van der Waals surface area contributed by atoms with E-state index in [4.69, 9.17) is 5.73 Å². The predicted molar refractivity (Wildman–Crippen MR) is 74.6 cm³/mol. The summed E-state index contributed by atoms with van der Waals surface area (Å²) < 4.78 is 38.2. The molecule has 20 heavy (non-hydrogen) atoms. The van der Waals surface area contributed by atoms with Crippen molar-refractivity contribution in [2.75, 3.05) is 11.9 Å². The van der Waals surface area contributed by atoms with Gasteiger partial charge in [0.15, 0.2) is 0 Å². The van der Waals surface area contributed by atoms with E-state index in [1.807, 2.05) is 7.05 Å². The SMILES string of the molecule is CN(c1ccc(C(F)(F)F)cc1CN)C1CCCCC1. The van der Waals surface area contributed by atoms with Crippen molar-refractivity contribution in [1.29, 1.82) is 0 Å². The van der Waals surface area contributed by atoms with Gasteiger partial charge in [-0.15, -0.1) is 0 Å². The smallest absolute Gasteiger partial charge is 0.371 e. The number of hydrogen-bond donors (Lipinski definition) is 1. The highest BCUT2D eigenvalue weighted by molar-refractivity contribution is 5.55. The van der Waals surface area contributed by atoms with Crippen LogP contribution < -0.4 is 10.6 Å². The van der Waals surface area contributed by atoms with Crippen LogP contribution >= 0.6 is 0 Å². The lowest BCUT2D eigenvalue weighted by Gasteiger charge is -2.34.